The molecule has 2 atom stereocenters. The number of hydrogen-bond acceptors (Lipinski definition) is 2. The normalized spacial score (nSPS) is 22.6. The fourth-order valence-corrected chi connectivity index (χ4v) is 4.68. The molecule has 0 aliphatic heterocycles. The third kappa shape index (κ3) is 1.87. The van der Waals surface area contributed by atoms with Crippen LogP contribution in [0, 0.1) is 12.8 Å². The highest BCUT2D eigenvalue weighted by Crippen LogP contribution is 2.53. The van der Waals surface area contributed by atoms with Gasteiger partial charge in [0, 0.05) is 22.1 Å². The van der Waals surface area contributed by atoms with E-state index in [1.807, 2.05) is 6.07 Å². The van der Waals surface area contributed by atoms with Crippen molar-refractivity contribution < 1.29 is 10.2 Å². The second-order valence-electron chi connectivity index (χ2n) is 6.57. The van der Waals surface area contributed by atoms with Crippen molar-refractivity contribution in [3.05, 3.63) is 57.1 Å². The Bertz CT molecular complexity index is 703. The first-order chi connectivity index (χ1) is 10.6. The maximum atomic E-state index is 10.5. The zero-order valence-electron chi connectivity index (χ0n) is 12.6. The van der Waals surface area contributed by atoms with Crippen LogP contribution < -0.4 is 0 Å². The Labute approximate surface area is 135 Å². The first-order valence-electron chi connectivity index (χ1n) is 7.89. The molecule has 0 saturated heterocycles. The summed E-state index contributed by atoms with van der Waals surface area (Å²) in [5, 5.41) is 21.7. The molecule has 2 aliphatic rings. The van der Waals surface area contributed by atoms with Gasteiger partial charge in [0.05, 0.1) is 0 Å². The first kappa shape index (κ1) is 14.0. The first-order valence-corrected chi connectivity index (χ1v) is 8.27. The lowest BCUT2D eigenvalue weighted by atomic mass is 9.64. The van der Waals surface area contributed by atoms with Gasteiger partial charge in [-0.15, -0.1) is 0 Å². The number of rotatable bonds is 0. The Morgan fingerprint density at radius 3 is 2.23 bits per heavy atom. The summed E-state index contributed by atoms with van der Waals surface area (Å²) >= 11 is 6.37. The molecule has 0 unspecified atom stereocenters. The van der Waals surface area contributed by atoms with Crippen LogP contribution in [-0.2, 0) is 12.8 Å². The van der Waals surface area contributed by atoms with Gasteiger partial charge in [-0.2, -0.15) is 0 Å². The lowest BCUT2D eigenvalue weighted by molar-refractivity contribution is 0.338. The summed E-state index contributed by atoms with van der Waals surface area (Å²) in [6.07, 6.45) is 4.08. The van der Waals surface area contributed by atoms with E-state index in [0.29, 0.717) is 17.4 Å². The minimum absolute atomic E-state index is 0.0612. The predicted molar refractivity (Wildman–Crippen MR) is 87.9 cm³/mol. The van der Waals surface area contributed by atoms with Crippen LogP contribution in [0.2, 0.25) is 5.02 Å². The molecule has 2 aliphatic carbocycles. The van der Waals surface area contributed by atoms with Crippen molar-refractivity contribution in [3.8, 4) is 11.5 Å². The molecule has 0 heterocycles. The van der Waals surface area contributed by atoms with Crippen LogP contribution in [0.15, 0.2) is 24.3 Å². The fourth-order valence-electron chi connectivity index (χ4n) is 4.42. The predicted octanol–water partition coefficient (Wildman–Crippen LogP) is 4.70. The van der Waals surface area contributed by atoms with Crippen LogP contribution in [0.25, 0.3) is 0 Å². The standard InChI is InChI=1S/C19H19ClO2/c1-10-2-8-15(21)18-12(10)5-3-11-4-6-13-14(20)7-9-16(22)19(13)17(11)18/h2,7-9,11,17,21-22H,3-6H2,1H3/t11-,17-/m0/s1. The van der Waals surface area contributed by atoms with E-state index in [1.165, 1.54) is 11.1 Å². The molecule has 0 fully saturated rings. The smallest absolute Gasteiger partial charge is 0.119 e. The zero-order valence-corrected chi connectivity index (χ0v) is 13.3. The molecular weight excluding hydrogens is 296 g/mol. The van der Waals surface area contributed by atoms with Crippen molar-refractivity contribution in [2.75, 3.05) is 0 Å². The van der Waals surface area contributed by atoms with Crippen LogP contribution in [0.4, 0.5) is 0 Å². The fraction of sp³-hybridized carbons (Fsp3) is 0.368. The van der Waals surface area contributed by atoms with Crippen molar-refractivity contribution in [3.63, 3.8) is 0 Å². The Kier molecular flexibility index (Phi) is 3.12. The number of benzene rings is 2. The van der Waals surface area contributed by atoms with Gasteiger partial charge in [-0.1, -0.05) is 17.7 Å². The van der Waals surface area contributed by atoms with E-state index in [4.69, 9.17) is 11.6 Å². The van der Waals surface area contributed by atoms with Crippen LogP contribution in [0.1, 0.15) is 46.6 Å². The molecule has 4 rings (SSSR count). The minimum atomic E-state index is 0.0612. The molecule has 0 radical (unpaired) electrons. The zero-order chi connectivity index (χ0) is 15.4. The third-order valence-electron chi connectivity index (χ3n) is 5.47. The number of phenols is 2. The second kappa shape index (κ2) is 4.92. The van der Waals surface area contributed by atoms with Crippen molar-refractivity contribution in [2.24, 2.45) is 5.92 Å². The highest BCUT2D eigenvalue weighted by molar-refractivity contribution is 6.31. The van der Waals surface area contributed by atoms with Crippen LogP contribution in [0.5, 0.6) is 11.5 Å². The van der Waals surface area contributed by atoms with Gasteiger partial charge >= 0.3 is 0 Å². The van der Waals surface area contributed by atoms with E-state index in [0.717, 1.165) is 47.4 Å². The van der Waals surface area contributed by atoms with Gasteiger partial charge in [-0.05, 0) is 73.4 Å². The van der Waals surface area contributed by atoms with E-state index in [1.54, 1.807) is 18.2 Å². The average molecular weight is 315 g/mol. The van der Waals surface area contributed by atoms with Gasteiger partial charge < -0.3 is 10.2 Å². The summed E-state index contributed by atoms with van der Waals surface area (Å²) in [6.45, 7) is 2.10. The molecule has 0 amide bonds. The molecule has 2 N–H and O–H groups in total. The number of hydrogen-bond donors (Lipinski definition) is 2. The van der Waals surface area contributed by atoms with E-state index >= 15 is 0 Å². The quantitative estimate of drug-likeness (QED) is 0.740. The molecule has 22 heavy (non-hydrogen) atoms. The van der Waals surface area contributed by atoms with Gasteiger partial charge in [0.15, 0.2) is 0 Å². The van der Waals surface area contributed by atoms with E-state index in [2.05, 4.69) is 6.92 Å². The summed E-state index contributed by atoms with van der Waals surface area (Å²) < 4.78 is 0. The lowest BCUT2D eigenvalue weighted by Crippen LogP contribution is -2.27. The van der Waals surface area contributed by atoms with Gasteiger partial charge in [0.2, 0.25) is 0 Å². The monoisotopic (exact) mass is 314 g/mol. The number of phenolic OH excluding ortho intramolecular Hbond substituents is 2. The van der Waals surface area contributed by atoms with E-state index < -0.39 is 0 Å². The number of aromatic hydroxyl groups is 2. The molecule has 2 aromatic carbocycles. The molecule has 0 spiro atoms. The van der Waals surface area contributed by atoms with Crippen molar-refractivity contribution in [2.45, 2.75) is 38.5 Å². The van der Waals surface area contributed by atoms with Crippen LogP contribution >= 0.6 is 11.6 Å². The van der Waals surface area contributed by atoms with Crippen molar-refractivity contribution in [1.82, 2.24) is 0 Å². The van der Waals surface area contributed by atoms with Gasteiger partial charge in [-0.25, -0.2) is 0 Å². The number of halogens is 1. The maximum absolute atomic E-state index is 10.5. The molecule has 0 aromatic heterocycles. The molecule has 114 valence electrons. The van der Waals surface area contributed by atoms with Crippen LogP contribution in [0.3, 0.4) is 0 Å². The summed E-state index contributed by atoms with van der Waals surface area (Å²) in [4.78, 5) is 0. The Balaban J connectivity index is 2.01. The van der Waals surface area contributed by atoms with Crippen LogP contribution in [-0.4, -0.2) is 10.2 Å². The summed E-state index contributed by atoms with van der Waals surface area (Å²) in [5.74, 6) is 1.19. The molecule has 2 nitrogen and oxygen atoms in total. The van der Waals surface area contributed by atoms with E-state index in [9.17, 15) is 10.2 Å². The van der Waals surface area contributed by atoms with Gasteiger partial charge in [0.1, 0.15) is 11.5 Å². The largest absolute Gasteiger partial charge is 0.508 e. The lowest BCUT2D eigenvalue weighted by Gasteiger charge is -2.40. The summed E-state index contributed by atoms with van der Waals surface area (Å²) in [7, 11) is 0. The Hall–Kier alpha value is -1.67. The molecule has 0 bridgehead atoms. The molecule has 2 aromatic rings. The molecular formula is C19H19ClO2. The minimum Gasteiger partial charge on any atom is -0.508 e. The highest BCUT2D eigenvalue weighted by atomic mass is 35.5. The average Bonchev–Trinajstić information content (AvgIpc) is 2.53. The third-order valence-corrected chi connectivity index (χ3v) is 5.82. The van der Waals surface area contributed by atoms with Gasteiger partial charge in [0.25, 0.3) is 0 Å². The Morgan fingerprint density at radius 2 is 1.50 bits per heavy atom. The van der Waals surface area contributed by atoms with Crippen molar-refractivity contribution in [1.29, 1.82) is 0 Å². The number of aryl methyl sites for hydroxylation is 1. The maximum Gasteiger partial charge on any atom is 0.119 e. The van der Waals surface area contributed by atoms with Crippen molar-refractivity contribution >= 4 is 11.6 Å². The number of fused-ring (bicyclic) bond motifs is 5. The second-order valence-corrected chi connectivity index (χ2v) is 6.97. The summed E-state index contributed by atoms with van der Waals surface area (Å²) in [6, 6.07) is 7.23. The topological polar surface area (TPSA) is 40.5 Å². The summed E-state index contributed by atoms with van der Waals surface area (Å²) in [5.41, 5.74) is 5.46. The Morgan fingerprint density at radius 1 is 0.909 bits per heavy atom. The molecule has 0 saturated carbocycles. The highest BCUT2D eigenvalue weighted by Gasteiger charge is 2.39. The molecule has 3 heteroatoms. The SMILES string of the molecule is Cc1ccc(O)c2c1CC[C@H]1CCc3c(Cl)ccc(O)c3[C@H]21. The van der Waals surface area contributed by atoms with E-state index in [-0.39, 0.29) is 5.92 Å². The van der Waals surface area contributed by atoms with Gasteiger partial charge in [-0.3, -0.25) is 0 Å².